The maximum atomic E-state index is 13.3. The van der Waals surface area contributed by atoms with Crippen LogP contribution in [0.25, 0.3) is 0 Å². The fraction of sp³-hybridized carbons (Fsp3) is 0.250. The number of fused-ring (bicyclic) bond motifs is 1. The van der Waals surface area contributed by atoms with Crippen LogP contribution in [-0.2, 0) is 35.2 Å². The molecule has 0 aliphatic carbocycles. The molecule has 11 nitrogen and oxygen atoms in total. The molecule has 3 amide bonds. The van der Waals surface area contributed by atoms with Crippen LogP contribution in [0, 0.1) is 0 Å². The Morgan fingerprint density at radius 2 is 1.53 bits per heavy atom. The van der Waals surface area contributed by atoms with Crippen LogP contribution in [0.1, 0.15) is 33.2 Å². The van der Waals surface area contributed by atoms with Gasteiger partial charge in [0, 0.05) is 0 Å². The van der Waals surface area contributed by atoms with E-state index in [1.54, 1.807) is 42.5 Å². The zero-order valence-electron chi connectivity index (χ0n) is 19.3. The van der Waals surface area contributed by atoms with Crippen molar-refractivity contribution in [3.63, 3.8) is 0 Å². The van der Waals surface area contributed by atoms with Crippen molar-refractivity contribution in [1.82, 2.24) is 9.80 Å². The van der Waals surface area contributed by atoms with Crippen molar-refractivity contribution in [3.8, 4) is 0 Å². The maximum absolute atomic E-state index is 13.3. The number of hydrogen-bond donors (Lipinski definition) is 1. The molecule has 2 heterocycles. The Balaban J connectivity index is 1.63. The smallest absolute Gasteiger partial charge is 0.358 e. The molecule has 1 N–H and O–H groups in total. The number of carbonyl (C=O) groups is 4. The summed E-state index contributed by atoms with van der Waals surface area (Å²) in [4.78, 5) is 53.6. The number of ether oxygens (including phenoxy) is 1. The number of esters is 1. The molecule has 2 aliphatic heterocycles. The van der Waals surface area contributed by atoms with Crippen LogP contribution in [0.15, 0.2) is 66.1 Å². The van der Waals surface area contributed by atoms with Crippen molar-refractivity contribution in [3.05, 3.63) is 82.7 Å². The lowest BCUT2D eigenvalue weighted by atomic mass is 9.92. The average Bonchev–Trinajstić information content (AvgIpc) is 3.08. The van der Waals surface area contributed by atoms with E-state index in [-0.39, 0.29) is 17.7 Å². The monoisotopic (exact) mass is 514 g/mol. The first-order valence-corrected chi connectivity index (χ1v) is 12.6. The number of imide groups is 1. The third-order valence-electron chi connectivity index (χ3n) is 5.73. The van der Waals surface area contributed by atoms with Gasteiger partial charge in [-0.25, -0.2) is 4.79 Å². The minimum absolute atomic E-state index is 0.0907. The van der Waals surface area contributed by atoms with Crippen molar-refractivity contribution in [2.75, 3.05) is 12.9 Å². The predicted octanol–water partition coefficient (Wildman–Crippen LogP) is 1.37. The third-order valence-corrected chi connectivity index (χ3v) is 6.30. The lowest BCUT2D eigenvalue weighted by molar-refractivity contribution is -0.160. The van der Waals surface area contributed by atoms with E-state index in [1.165, 1.54) is 12.1 Å². The predicted molar refractivity (Wildman–Crippen MR) is 124 cm³/mol. The van der Waals surface area contributed by atoms with E-state index in [0.717, 1.165) is 23.0 Å². The zero-order valence-corrected chi connectivity index (χ0v) is 20.1. The van der Waals surface area contributed by atoms with Gasteiger partial charge in [0.25, 0.3) is 27.8 Å². The van der Waals surface area contributed by atoms with Gasteiger partial charge in [0.1, 0.15) is 18.4 Å². The fourth-order valence-corrected chi connectivity index (χ4v) is 4.51. The molecule has 0 spiro atoms. The van der Waals surface area contributed by atoms with Crippen LogP contribution >= 0.6 is 0 Å². The number of amides is 3. The van der Waals surface area contributed by atoms with Crippen molar-refractivity contribution in [2.24, 2.45) is 0 Å². The summed E-state index contributed by atoms with van der Waals surface area (Å²) in [6, 6.07) is 11.9. The van der Waals surface area contributed by atoms with Gasteiger partial charge in [-0.2, -0.15) is 8.42 Å². The molecule has 2 atom stereocenters. The Morgan fingerprint density at radius 3 is 2.06 bits per heavy atom. The van der Waals surface area contributed by atoms with E-state index < -0.39 is 64.0 Å². The molecule has 0 aromatic heterocycles. The van der Waals surface area contributed by atoms with E-state index in [4.69, 9.17) is 8.92 Å². The van der Waals surface area contributed by atoms with Crippen LogP contribution in [0.4, 0.5) is 0 Å². The minimum atomic E-state index is -4.00. The van der Waals surface area contributed by atoms with Gasteiger partial charge in [-0.05, 0) is 24.6 Å². The van der Waals surface area contributed by atoms with Gasteiger partial charge in [-0.1, -0.05) is 42.5 Å². The molecule has 0 unspecified atom stereocenters. The SMILES string of the molecule is CC(O)=C(C(=O)OCc1ccccc1)N1C(=O)[C@@H](N2C(=O)c3ccccc3C2=O)[C@H]1COS(C)(=O)=O. The van der Waals surface area contributed by atoms with Gasteiger partial charge in [0.05, 0.1) is 30.0 Å². The molecule has 36 heavy (non-hydrogen) atoms. The van der Waals surface area contributed by atoms with E-state index in [0.29, 0.717) is 5.56 Å². The lowest BCUT2D eigenvalue weighted by Crippen LogP contribution is -2.73. The Kier molecular flexibility index (Phi) is 6.65. The highest BCUT2D eigenvalue weighted by molar-refractivity contribution is 7.85. The second kappa shape index (κ2) is 9.55. The standard InChI is InChI=1S/C24H22N2O9S/c1-14(27)19(24(31)34-12-15-8-4-3-5-9-15)25-18(13-35-36(2,32)33)20(23(25)30)26-21(28)16-10-6-7-11-17(16)22(26)29/h3-11,18,20,27H,12-13H2,1-2H3/t18-,20+/m1/s1. The summed E-state index contributed by atoms with van der Waals surface area (Å²) in [7, 11) is -4.00. The van der Waals surface area contributed by atoms with E-state index in [9.17, 15) is 32.7 Å². The molecule has 188 valence electrons. The van der Waals surface area contributed by atoms with Gasteiger partial charge < -0.3 is 9.84 Å². The van der Waals surface area contributed by atoms with Crippen LogP contribution in [0.3, 0.4) is 0 Å². The van der Waals surface area contributed by atoms with Crippen LogP contribution in [0.2, 0.25) is 0 Å². The highest BCUT2D eigenvalue weighted by atomic mass is 32.2. The molecule has 2 aliphatic rings. The first kappa shape index (κ1) is 25.1. The van der Waals surface area contributed by atoms with Gasteiger partial charge in [0.15, 0.2) is 5.70 Å². The molecule has 0 saturated carbocycles. The Hall–Kier alpha value is -4.03. The topological polar surface area (TPSA) is 148 Å². The van der Waals surface area contributed by atoms with E-state index in [2.05, 4.69) is 0 Å². The molecule has 4 rings (SSSR count). The number of benzene rings is 2. The molecular formula is C24H22N2O9S. The maximum Gasteiger partial charge on any atom is 0.358 e. The number of rotatable bonds is 8. The normalized spacial score (nSPS) is 20.1. The van der Waals surface area contributed by atoms with Gasteiger partial charge in [-0.3, -0.25) is 28.4 Å². The van der Waals surface area contributed by atoms with Crippen molar-refractivity contribution < 1.29 is 41.6 Å². The second-order valence-corrected chi connectivity index (χ2v) is 9.87. The van der Waals surface area contributed by atoms with Crippen LogP contribution in [-0.4, -0.2) is 72.0 Å². The Morgan fingerprint density at radius 1 is 0.972 bits per heavy atom. The number of aliphatic hydroxyl groups is 1. The van der Waals surface area contributed by atoms with Crippen molar-refractivity contribution >= 4 is 33.8 Å². The summed E-state index contributed by atoms with van der Waals surface area (Å²) in [6.45, 7) is 0.312. The number of β-lactam (4-membered cyclic amide) rings is 1. The minimum Gasteiger partial charge on any atom is -0.510 e. The number of carbonyl (C=O) groups excluding carboxylic acids is 4. The molecule has 2 aromatic carbocycles. The Labute approximate surface area is 206 Å². The van der Waals surface area contributed by atoms with E-state index >= 15 is 0 Å². The van der Waals surface area contributed by atoms with Gasteiger partial charge in [-0.15, -0.1) is 0 Å². The average molecular weight is 515 g/mol. The molecule has 2 aromatic rings. The van der Waals surface area contributed by atoms with Gasteiger partial charge >= 0.3 is 5.97 Å². The summed E-state index contributed by atoms with van der Waals surface area (Å²) in [6.07, 6.45) is 0.789. The first-order chi connectivity index (χ1) is 17.0. The van der Waals surface area contributed by atoms with Crippen molar-refractivity contribution in [1.29, 1.82) is 0 Å². The zero-order chi connectivity index (χ0) is 26.2. The fourth-order valence-electron chi connectivity index (χ4n) is 4.12. The Bertz CT molecular complexity index is 1350. The lowest BCUT2D eigenvalue weighted by Gasteiger charge is -2.49. The number of hydrogen-bond acceptors (Lipinski definition) is 9. The summed E-state index contributed by atoms with van der Waals surface area (Å²) < 4.78 is 33.4. The largest absolute Gasteiger partial charge is 0.510 e. The molecule has 0 radical (unpaired) electrons. The highest BCUT2D eigenvalue weighted by Gasteiger charge is 2.59. The van der Waals surface area contributed by atoms with E-state index in [1.807, 2.05) is 0 Å². The molecule has 1 fully saturated rings. The summed E-state index contributed by atoms with van der Waals surface area (Å²) >= 11 is 0. The second-order valence-electron chi connectivity index (χ2n) is 8.23. The van der Waals surface area contributed by atoms with Crippen molar-refractivity contribution in [2.45, 2.75) is 25.6 Å². The highest BCUT2D eigenvalue weighted by Crippen LogP contribution is 2.36. The summed E-state index contributed by atoms with van der Waals surface area (Å²) in [5.41, 5.74) is 0.281. The molecular weight excluding hydrogens is 492 g/mol. The third kappa shape index (κ3) is 4.60. The molecule has 0 bridgehead atoms. The number of nitrogens with zero attached hydrogens (tertiary/aromatic N) is 2. The van der Waals surface area contributed by atoms with Gasteiger partial charge in [0.2, 0.25) is 0 Å². The summed E-state index contributed by atoms with van der Waals surface area (Å²) in [5, 5.41) is 10.3. The molecule has 12 heteroatoms. The molecule has 1 saturated heterocycles. The van der Waals surface area contributed by atoms with Crippen LogP contribution < -0.4 is 0 Å². The number of likely N-dealkylation sites (tertiary alicyclic amines) is 1. The summed E-state index contributed by atoms with van der Waals surface area (Å²) in [5.74, 6) is -4.00. The number of aliphatic hydroxyl groups excluding tert-OH is 1. The quantitative estimate of drug-likeness (QED) is 0.138. The number of allylic oxidation sites excluding steroid dienone is 1. The van der Waals surface area contributed by atoms with Crippen LogP contribution in [0.5, 0.6) is 0 Å². The first-order valence-electron chi connectivity index (χ1n) is 10.8.